The van der Waals surface area contributed by atoms with E-state index in [0.29, 0.717) is 10.5 Å². The summed E-state index contributed by atoms with van der Waals surface area (Å²) in [6, 6.07) is 5.98. The minimum Gasteiger partial charge on any atom is -0.398 e. The molecule has 2 aromatic carbocycles. The van der Waals surface area contributed by atoms with E-state index in [0.717, 1.165) is 18.2 Å². The molecule has 0 fully saturated rings. The van der Waals surface area contributed by atoms with Gasteiger partial charge < -0.3 is 5.73 Å². The Morgan fingerprint density at radius 1 is 1.05 bits per heavy atom. The van der Waals surface area contributed by atoms with Crippen LogP contribution in [-0.2, 0) is 6.18 Å². The molecule has 110 valence electrons. The molecule has 0 bridgehead atoms. The summed E-state index contributed by atoms with van der Waals surface area (Å²) in [5.74, 6) is -1.74. The highest BCUT2D eigenvalue weighted by atomic mass is 79.9. The molecule has 2 rings (SSSR count). The number of hydrogen-bond acceptors (Lipinski definition) is 2. The molecule has 0 radical (unpaired) electrons. The normalized spacial score (nSPS) is 11.5. The van der Waals surface area contributed by atoms with E-state index in [1.807, 2.05) is 0 Å². The number of nitrogens with two attached hydrogens (primary N) is 1. The van der Waals surface area contributed by atoms with Gasteiger partial charge in [0.2, 0.25) is 0 Å². The van der Waals surface area contributed by atoms with Gasteiger partial charge in [-0.05, 0) is 36.4 Å². The fourth-order valence-corrected chi connectivity index (χ4v) is 2.11. The first-order chi connectivity index (χ1) is 9.70. The molecule has 0 aliphatic heterocycles. The van der Waals surface area contributed by atoms with E-state index in [-0.39, 0.29) is 16.8 Å². The zero-order valence-corrected chi connectivity index (χ0v) is 11.9. The van der Waals surface area contributed by atoms with Gasteiger partial charge in [-0.1, -0.05) is 15.9 Å². The summed E-state index contributed by atoms with van der Waals surface area (Å²) < 4.78 is 52.1. The van der Waals surface area contributed by atoms with E-state index in [2.05, 4.69) is 15.9 Å². The first-order valence-corrected chi connectivity index (χ1v) is 6.46. The summed E-state index contributed by atoms with van der Waals surface area (Å²) in [6.45, 7) is 0. The molecule has 0 saturated heterocycles. The molecule has 7 heteroatoms. The number of benzene rings is 2. The highest BCUT2D eigenvalue weighted by Gasteiger charge is 2.32. The van der Waals surface area contributed by atoms with Gasteiger partial charge in [-0.25, -0.2) is 4.39 Å². The van der Waals surface area contributed by atoms with Crippen LogP contribution in [0.2, 0.25) is 0 Å². The van der Waals surface area contributed by atoms with Crippen molar-refractivity contribution >= 4 is 27.4 Å². The zero-order valence-electron chi connectivity index (χ0n) is 10.3. The minimum absolute atomic E-state index is 0.146. The standard InChI is InChI=1S/C14H8BrF4NO/c15-8-2-3-11(16)9(6-8)13(21)10-5-7(14(17,18)19)1-4-12(10)20/h1-6H,20H2. The Labute approximate surface area is 125 Å². The Hall–Kier alpha value is -1.89. The number of anilines is 1. The predicted molar refractivity (Wildman–Crippen MR) is 73.4 cm³/mol. The molecule has 21 heavy (non-hydrogen) atoms. The maximum atomic E-state index is 13.7. The van der Waals surface area contributed by atoms with Crippen molar-refractivity contribution in [2.75, 3.05) is 5.73 Å². The van der Waals surface area contributed by atoms with Crippen molar-refractivity contribution in [1.82, 2.24) is 0 Å². The number of carbonyl (C=O) groups is 1. The molecule has 0 unspecified atom stereocenters. The van der Waals surface area contributed by atoms with Crippen LogP contribution >= 0.6 is 15.9 Å². The van der Waals surface area contributed by atoms with Crippen LogP contribution in [0.25, 0.3) is 0 Å². The van der Waals surface area contributed by atoms with Crippen molar-refractivity contribution in [2.45, 2.75) is 6.18 Å². The van der Waals surface area contributed by atoms with Gasteiger partial charge in [0.05, 0.1) is 11.1 Å². The first kappa shape index (κ1) is 15.5. The van der Waals surface area contributed by atoms with Crippen molar-refractivity contribution in [3.8, 4) is 0 Å². The minimum atomic E-state index is -4.61. The second-order valence-corrected chi connectivity index (χ2v) is 5.17. The van der Waals surface area contributed by atoms with Crippen LogP contribution in [0.5, 0.6) is 0 Å². The van der Waals surface area contributed by atoms with Gasteiger partial charge in [0, 0.05) is 15.7 Å². The molecule has 0 saturated carbocycles. The summed E-state index contributed by atoms with van der Waals surface area (Å²) in [6.07, 6.45) is -4.61. The molecule has 0 aliphatic carbocycles. The summed E-state index contributed by atoms with van der Waals surface area (Å²) in [7, 11) is 0. The topological polar surface area (TPSA) is 43.1 Å². The molecular formula is C14H8BrF4NO. The SMILES string of the molecule is Nc1ccc(C(F)(F)F)cc1C(=O)c1cc(Br)ccc1F. The van der Waals surface area contributed by atoms with Gasteiger partial charge in [-0.15, -0.1) is 0 Å². The molecule has 0 aliphatic rings. The third kappa shape index (κ3) is 3.24. The van der Waals surface area contributed by atoms with Gasteiger partial charge in [-0.2, -0.15) is 13.2 Å². The molecule has 0 heterocycles. The molecule has 2 nitrogen and oxygen atoms in total. The fourth-order valence-electron chi connectivity index (χ4n) is 1.75. The second-order valence-electron chi connectivity index (χ2n) is 4.25. The number of rotatable bonds is 2. The third-order valence-electron chi connectivity index (χ3n) is 2.80. The van der Waals surface area contributed by atoms with Crippen molar-refractivity contribution in [2.24, 2.45) is 0 Å². The lowest BCUT2D eigenvalue weighted by atomic mass is 9.99. The fraction of sp³-hybridized carbons (Fsp3) is 0.0714. The third-order valence-corrected chi connectivity index (χ3v) is 3.29. The lowest BCUT2D eigenvalue weighted by molar-refractivity contribution is -0.137. The van der Waals surface area contributed by atoms with E-state index < -0.39 is 23.3 Å². The van der Waals surface area contributed by atoms with Crippen LogP contribution in [0.1, 0.15) is 21.5 Å². The van der Waals surface area contributed by atoms with E-state index in [4.69, 9.17) is 5.73 Å². The molecule has 0 atom stereocenters. The number of ketones is 1. The van der Waals surface area contributed by atoms with Gasteiger partial charge in [0.1, 0.15) is 5.82 Å². The van der Waals surface area contributed by atoms with Crippen LogP contribution in [0.4, 0.5) is 23.2 Å². The van der Waals surface area contributed by atoms with Crippen molar-refractivity contribution in [3.63, 3.8) is 0 Å². The number of hydrogen-bond donors (Lipinski definition) is 1. The van der Waals surface area contributed by atoms with Crippen molar-refractivity contribution < 1.29 is 22.4 Å². The summed E-state index contributed by atoms with van der Waals surface area (Å²) in [4.78, 5) is 12.2. The average Bonchev–Trinajstić information content (AvgIpc) is 2.40. The predicted octanol–water partition coefficient (Wildman–Crippen LogP) is 4.42. The highest BCUT2D eigenvalue weighted by Crippen LogP contribution is 2.32. The highest BCUT2D eigenvalue weighted by molar-refractivity contribution is 9.10. The summed E-state index contributed by atoms with van der Waals surface area (Å²) in [5.41, 5.74) is 3.63. The molecular weight excluding hydrogens is 354 g/mol. The number of halogens is 5. The maximum absolute atomic E-state index is 13.7. The van der Waals surface area contributed by atoms with Crippen molar-refractivity contribution in [3.05, 3.63) is 63.4 Å². The van der Waals surface area contributed by atoms with E-state index >= 15 is 0 Å². The van der Waals surface area contributed by atoms with Gasteiger partial charge in [-0.3, -0.25) is 4.79 Å². The first-order valence-electron chi connectivity index (χ1n) is 5.66. The lowest BCUT2D eigenvalue weighted by Gasteiger charge is -2.11. The van der Waals surface area contributed by atoms with Crippen molar-refractivity contribution in [1.29, 1.82) is 0 Å². The Morgan fingerprint density at radius 2 is 1.71 bits per heavy atom. The summed E-state index contributed by atoms with van der Waals surface area (Å²) >= 11 is 3.07. The Morgan fingerprint density at radius 3 is 2.33 bits per heavy atom. The van der Waals surface area contributed by atoms with Crippen LogP contribution in [-0.4, -0.2) is 5.78 Å². The van der Waals surface area contributed by atoms with Gasteiger partial charge in [0.15, 0.2) is 5.78 Å². The molecule has 0 amide bonds. The number of alkyl halides is 3. The quantitative estimate of drug-likeness (QED) is 0.488. The van der Waals surface area contributed by atoms with Crippen LogP contribution in [0, 0.1) is 5.82 Å². The smallest absolute Gasteiger partial charge is 0.398 e. The van der Waals surface area contributed by atoms with E-state index in [9.17, 15) is 22.4 Å². The zero-order chi connectivity index (χ0) is 15.8. The maximum Gasteiger partial charge on any atom is 0.416 e. The Bertz CT molecular complexity index is 713. The van der Waals surface area contributed by atoms with Crippen LogP contribution in [0.15, 0.2) is 40.9 Å². The lowest BCUT2D eigenvalue weighted by Crippen LogP contribution is -2.11. The largest absolute Gasteiger partial charge is 0.416 e. The monoisotopic (exact) mass is 361 g/mol. The van der Waals surface area contributed by atoms with Crippen LogP contribution in [0.3, 0.4) is 0 Å². The number of carbonyl (C=O) groups excluding carboxylic acids is 1. The van der Waals surface area contributed by atoms with Crippen LogP contribution < -0.4 is 5.73 Å². The molecule has 2 aromatic rings. The molecule has 0 aromatic heterocycles. The van der Waals surface area contributed by atoms with E-state index in [1.165, 1.54) is 12.1 Å². The van der Waals surface area contributed by atoms with Gasteiger partial charge >= 0.3 is 6.18 Å². The average molecular weight is 362 g/mol. The summed E-state index contributed by atoms with van der Waals surface area (Å²) in [5, 5.41) is 0. The molecule has 0 spiro atoms. The second kappa shape index (κ2) is 5.48. The molecule has 2 N–H and O–H groups in total. The van der Waals surface area contributed by atoms with Gasteiger partial charge in [0.25, 0.3) is 0 Å². The number of nitrogen functional groups attached to an aromatic ring is 1. The van der Waals surface area contributed by atoms with E-state index in [1.54, 1.807) is 0 Å². The Balaban J connectivity index is 2.55. The Kier molecular flexibility index (Phi) is 4.04.